The number of ketones is 1. The second-order valence-corrected chi connectivity index (χ2v) is 8.45. The lowest BCUT2D eigenvalue weighted by Gasteiger charge is -2.14. The van der Waals surface area contributed by atoms with Crippen LogP contribution in [0.5, 0.6) is 0 Å². The van der Waals surface area contributed by atoms with Gasteiger partial charge in [-0.3, -0.25) is 14.3 Å². The number of hydrogen-bond acceptors (Lipinski definition) is 6. The maximum atomic E-state index is 12.8. The van der Waals surface area contributed by atoms with E-state index in [9.17, 15) is 22.8 Å². The predicted molar refractivity (Wildman–Crippen MR) is 99.3 cm³/mol. The molecule has 2 rings (SSSR count). The van der Waals surface area contributed by atoms with Gasteiger partial charge in [0, 0.05) is 24.6 Å². The molecule has 0 bridgehead atoms. The number of aryl methyl sites for hydroxylation is 1. The number of ether oxygens (including phenoxy) is 1. The highest BCUT2D eigenvalue weighted by Crippen LogP contribution is 2.30. The highest BCUT2D eigenvalue weighted by atomic mass is 35.5. The van der Waals surface area contributed by atoms with Crippen LogP contribution >= 0.6 is 11.6 Å². The largest absolute Gasteiger partial charge is 0.459 e. The van der Waals surface area contributed by atoms with Gasteiger partial charge >= 0.3 is 5.97 Å². The summed E-state index contributed by atoms with van der Waals surface area (Å²) in [6.07, 6.45) is 1.63. The van der Waals surface area contributed by atoms with E-state index in [1.54, 1.807) is 20.8 Å². The number of benzene rings is 1. The van der Waals surface area contributed by atoms with Crippen molar-refractivity contribution in [3.63, 3.8) is 0 Å². The summed E-state index contributed by atoms with van der Waals surface area (Å²) in [5, 5.41) is 2.27. The van der Waals surface area contributed by atoms with Crippen molar-refractivity contribution in [3.05, 3.63) is 50.4 Å². The van der Waals surface area contributed by atoms with Crippen molar-refractivity contribution < 1.29 is 22.7 Å². The minimum atomic E-state index is -3.82. The van der Waals surface area contributed by atoms with Crippen LogP contribution in [-0.4, -0.2) is 42.3 Å². The van der Waals surface area contributed by atoms with Gasteiger partial charge in [0.05, 0.1) is 21.6 Å². The van der Waals surface area contributed by atoms with Crippen LogP contribution in [0.2, 0.25) is 5.02 Å². The molecule has 0 amide bonds. The third-order valence-corrected chi connectivity index (χ3v) is 5.23. The van der Waals surface area contributed by atoms with Crippen molar-refractivity contribution in [3.8, 4) is 0 Å². The molecule has 10 heteroatoms. The lowest BCUT2D eigenvalue weighted by molar-refractivity contribution is 0.0373. The second-order valence-electron chi connectivity index (χ2n) is 6.09. The summed E-state index contributed by atoms with van der Waals surface area (Å²) in [5.74, 6) is -1.70. The van der Waals surface area contributed by atoms with E-state index in [0.29, 0.717) is 6.54 Å². The quantitative estimate of drug-likeness (QED) is 0.571. The van der Waals surface area contributed by atoms with Gasteiger partial charge < -0.3 is 9.84 Å². The molecule has 0 aliphatic rings. The number of halogens is 1. The molecule has 8 nitrogen and oxygen atoms in total. The highest BCUT2D eigenvalue weighted by Gasteiger charge is 2.29. The molecule has 27 heavy (non-hydrogen) atoms. The number of rotatable bonds is 6. The van der Waals surface area contributed by atoms with Crippen LogP contribution in [-0.2, 0) is 21.1 Å². The topological polar surface area (TPSA) is 115 Å². The zero-order valence-electron chi connectivity index (χ0n) is 15.2. The Hall–Kier alpha value is -2.39. The van der Waals surface area contributed by atoms with E-state index < -0.39 is 38.8 Å². The number of nitrogens with one attached hydrogen (secondary N) is 1. The fraction of sp³-hybridized carbons (Fsp3) is 0.353. The van der Waals surface area contributed by atoms with E-state index in [1.165, 1.54) is 16.9 Å². The van der Waals surface area contributed by atoms with Crippen molar-refractivity contribution in [2.75, 3.05) is 6.26 Å². The van der Waals surface area contributed by atoms with E-state index in [4.69, 9.17) is 16.3 Å². The van der Waals surface area contributed by atoms with E-state index in [2.05, 4.69) is 5.10 Å². The molecule has 0 aliphatic heterocycles. The summed E-state index contributed by atoms with van der Waals surface area (Å²) < 4.78 is 30.4. The summed E-state index contributed by atoms with van der Waals surface area (Å²) >= 11 is 6.23. The predicted octanol–water partition coefficient (Wildman–Crippen LogP) is 2.05. The van der Waals surface area contributed by atoms with E-state index in [0.717, 1.165) is 12.3 Å². The fourth-order valence-corrected chi connectivity index (χ4v) is 3.71. The number of H-pyrrole nitrogens is 1. The molecular formula is C17H19ClN2O6S. The van der Waals surface area contributed by atoms with E-state index >= 15 is 0 Å². The lowest BCUT2D eigenvalue weighted by atomic mass is 10.0. The van der Waals surface area contributed by atoms with Gasteiger partial charge in [0.15, 0.2) is 9.84 Å². The zero-order chi connectivity index (χ0) is 20.5. The Labute approximate surface area is 161 Å². The molecule has 0 fully saturated rings. The van der Waals surface area contributed by atoms with Crippen molar-refractivity contribution in [1.29, 1.82) is 0 Å². The monoisotopic (exact) mass is 414 g/mol. The van der Waals surface area contributed by atoms with Crippen LogP contribution in [0.1, 0.15) is 47.1 Å². The average molecular weight is 415 g/mol. The Kier molecular flexibility index (Phi) is 5.96. The molecule has 0 saturated heterocycles. The van der Waals surface area contributed by atoms with Gasteiger partial charge in [0.1, 0.15) is 5.56 Å². The molecular weight excluding hydrogens is 396 g/mol. The number of aromatic nitrogens is 2. The van der Waals surface area contributed by atoms with E-state index in [-0.39, 0.29) is 21.0 Å². The molecule has 146 valence electrons. The summed E-state index contributed by atoms with van der Waals surface area (Å²) in [6, 6.07) is 2.28. The SMILES string of the molecule is CCn1[nH]cc(C(=O)c2ccc(S(C)(=O)=O)c(C(=O)OC(C)C)c2Cl)c1=O. The molecule has 0 aliphatic carbocycles. The number of carbonyl (C=O) groups excluding carboxylic acids is 2. The van der Waals surface area contributed by atoms with Crippen LogP contribution in [0.25, 0.3) is 0 Å². The maximum Gasteiger partial charge on any atom is 0.341 e. The smallest absolute Gasteiger partial charge is 0.341 e. The number of nitrogens with zero attached hydrogens (tertiary/aromatic N) is 1. The average Bonchev–Trinajstić information content (AvgIpc) is 2.92. The molecule has 1 aromatic carbocycles. The molecule has 0 atom stereocenters. The first-order valence-electron chi connectivity index (χ1n) is 8.05. The number of esters is 1. The first-order chi connectivity index (χ1) is 12.5. The van der Waals surface area contributed by atoms with Crippen molar-refractivity contribution >= 4 is 33.2 Å². The van der Waals surface area contributed by atoms with Crippen LogP contribution in [0.15, 0.2) is 28.0 Å². The van der Waals surface area contributed by atoms with Crippen LogP contribution < -0.4 is 5.56 Å². The fourth-order valence-electron chi connectivity index (χ4n) is 2.46. The van der Waals surface area contributed by atoms with Crippen LogP contribution in [0.3, 0.4) is 0 Å². The third kappa shape index (κ3) is 4.14. The van der Waals surface area contributed by atoms with E-state index in [1.807, 2.05) is 0 Å². The molecule has 0 unspecified atom stereocenters. The van der Waals surface area contributed by atoms with Gasteiger partial charge in [-0.1, -0.05) is 11.6 Å². The van der Waals surface area contributed by atoms with Crippen molar-refractivity contribution in [2.24, 2.45) is 0 Å². The van der Waals surface area contributed by atoms with Gasteiger partial charge in [0.2, 0.25) is 5.78 Å². The van der Waals surface area contributed by atoms with Crippen LogP contribution in [0, 0.1) is 0 Å². The minimum Gasteiger partial charge on any atom is -0.459 e. The summed E-state index contributed by atoms with van der Waals surface area (Å²) in [4.78, 5) is 37.0. The standard InChI is InChI=1S/C17H19ClN2O6S/c1-5-20-16(22)11(8-19-20)15(21)10-6-7-12(27(4,24)25)13(14(10)18)17(23)26-9(2)3/h6-9,19H,5H2,1-4H3. The molecule has 2 aromatic rings. The number of aromatic amines is 1. The molecule has 0 spiro atoms. The Morgan fingerprint density at radius 2 is 1.89 bits per heavy atom. The number of sulfone groups is 1. The van der Waals surface area contributed by atoms with Crippen molar-refractivity contribution in [1.82, 2.24) is 9.78 Å². The summed E-state index contributed by atoms with van der Waals surface area (Å²) in [7, 11) is -3.82. The minimum absolute atomic E-state index is 0.167. The molecule has 0 saturated carbocycles. The molecule has 1 aromatic heterocycles. The number of carbonyl (C=O) groups is 2. The second kappa shape index (κ2) is 7.69. The zero-order valence-corrected chi connectivity index (χ0v) is 16.8. The van der Waals surface area contributed by atoms with Crippen molar-refractivity contribution in [2.45, 2.75) is 38.3 Å². The Morgan fingerprint density at radius 3 is 2.37 bits per heavy atom. The number of hydrogen-bond donors (Lipinski definition) is 1. The van der Waals surface area contributed by atoms with Gasteiger partial charge in [-0.2, -0.15) is 0 Å². The first kappa shape index (κ1) is 20.9. The normalized spacial score (nSPS) is 11.6. The van der Waals surface area contributed by atoms with Gasteiger partial charge in [-0.15, -0.1) is 0 Å². The van der Waals surface area contributed by atoms with Gasteiger partial charge in [-0.25, -0.2) is 13.2 Å². The maximum absolute atomic E-state index is 12.8. The Bertz CT molecular complexity index is 1070. The van der Waals surface area contributed by atoms with Gasteiger partial charge in [0.25, 0.3) is 5.56 Å². The van der Waals surface area contributed by atoms with Crippen LogP contribution in [0.4, 0.5) is 0 Å². The summed E-state index contributed by atoms with van der Waals surface area (Å²) in [6.45, 7) is 5.24. The molecule has 1 heterocycles. The summed E-state index contributed by atoms with van der Waals surface area (Å²) in [5.41, 5.74) is -1.31. The lowest BCUT2D eigenvalue weighted by Crippen LogP contribution is -2.22. The first-order valence-corrected chi connectivity index (χ1v) is 10.3. The Morgan fingerprint density at radius 1 is 1.26 bits per heavy atom. The van der Waals surface area contributed by atoms with Gasteiger partial charge in [-0.05, 0) is 32.9 Å². The highest BCUT2D eigenvalue weighted by molar-refractivity contribution is 7.90. The third-order valence-electron chi connectivity index (χ3n) is 3.70. The Balaban J connectivity index is 2.69. The molecule has 0 radical (unpaired) electrons. The molecule has 1 N–H and O–H groups in total.